The third-order valence-electron chi connectivity index (χ3n) is 1.60. The number of rotatable bonds is 3. The maximum absolute atomic E-state index is 5.18. The molecule has 48 valence electrons. The molecule has 8 heavy (non-hydrogen) atoms. The van der Waals surface area contributed by atoms with Gasteiger partial charge in [0.25, 0.3) is 0 Å². The molecule has 0 heterocycles. The van der Waals surface area contributed by atoms with Crippen LogP contribution in [0.1, 0.15) is 12.8 Å². The minimum atomic E-state index is 0.481. The molecule has 0 N–H and O–H groups in total. The fraction of sp³-hybridized carbons (Fsp3) is 1.00. The van der Waals surface area contributed by atoms with E-state index < -0.39 is 0 Å². The Hall–Kier alpha value is 0.440. The average Bonchev–Trinajstić information content (AvgIpc) is 2.53. The van der Waals surface area contributed by atoms with Crippen LogP contribution in [0.25, 0.3) is 0 Å². The quantitative estimate of drug-likeness (QED) is 0.600. The van der Waals surface area contributed by atoms with Gasteiger partial charge in [-0.15, -0.1) is 0 Å². The lowest BCUT2D eigenvalue weighted by Crippen LogP contribution is -2.13. The summed E-state index contributed by atoms with van der Waals surface area (Å²) in [6.07, 6.45) is 3.21. The summed E-state index contributed by atoms with van der Waals surface area (Å²) in [5, 5.41) is 0.994. The predicted molar refractivity (Wildman–Crippen MR) is 37.3 cm³/mol. The van der Waals surface area contributed by atoms with Crippen LogP contribution in [0, 0.1) is 5.92 Å². The number of methoxy groups -OCH3 is 1. The zero-order valence-electron chi connectivity index (χ0n) is 5.06. The molecule has 0 aromatic carbocycles. The van der Waals surface area contributed by atoms with Crippen molar-refractivity contribution in [3.05, 3.63) is 0 Å². The maximum atomic E-state index is 5.18. The molecule has 1 atom stereocenters. The number of hydrogen-bond donors (Lipinski definition) is 0. The second-order valence-electron chi connectivity index (χ2n) is 2.27. The van der Waals surface area contributed by atoms with Gasteiger partial charge in [-0.3, -0.25) is 0 Å². The van der Waals surface area contributed by atoms with E-state index in [2.05, 4.69) is 15.9 Å². The van der Waals surface area contributed by atoms with Crippen LogP contribution < -0.4 is 0 Å². The molecule has 0 aromatic rings. The molecule has 1 aliphatic carbocycles. The van der Waals surface area contributed by atoms with E-state index >= 15 is 0 Å². The van der Waals surface area contributed by atoms with Crippen molar-refractivity contribution in [1.29, 1.82) is 0 Å². The monoisotopic (exact) mass is 178 g/mol. The van der Waals surface area contributed by atoms with Gasteiger partial charge in [0.15, 0.2) is 0 Å². The molecule has 0 spiro atoms. The van der Waals surface area contributed by atoms with Crippen molar-refractivity contribution in [3.63, 3.8) is 0 Å². The first-order valence-corrected chi connectivity index (χ1v) is 4.09. The fourth-order valence-electron chi connectivity index (χ4n) is 0.849. The Morgan fingerprint density at radius 2 is 2.38 bits per heavy atom. The van der Waals surface area contributed by atoms with Crippen LogP contribution in [0.3, 0.4) is 0 Å². The molecule has 1 rings (SSSR count). The highest BCUT2D eigenvalue weighted by Crippen LogP contribution is 2.34. The normalized spacial score (nSPS) is 23.2. The second-order valence-corrected chi connectivity index (χ2v) is 2.91. The summed E-state index contributed by atoms with van der Waals surface area (Å²) in [6, 6.07) is 0. The van der Waals surface area contributed by atoms with E-state index in [-0.39, 0.29) is 0 Å². The summed E-state index contributed by atoms with van der Waals surface area (Å²) in [5.41, 5.74) is 0. The first kappa shape index (κ1) is 6.56. The molecule has 1 aliphatic rings. The molecule has 0 aromatic heterocycles. The van der Waals surface area contributed by atoms with Gasteiger partial charge in [0.2, 0.25) is 0 Å². The Balaban J connectivity index is 2.15. The van der Waals surface area contributed by atoms with Crippen LogP contribution in [-0.4, -0.2) is 18.5 Å². The number of ether oxygens (including phenoxy) is 1. The Bertz CT molecular complexity index is 66.9. The van der Waals surface area contributed by atoms with Gasteiger partial charge >= 0.3 is 0 Å². The molecular weight excluding hydrogens is 168 g/mol. The third-order valence-corrected chi connectivity index (χ3v) is 2.24. The molecular formula is C6H11BrO. The molecule has 1 nitrogen and oxygen atoms in total. The summed E-state index contributed by atoms with van der Waals surface area (Å²) in [5.74, 6) is 0.861. The molecule has 1 fully saturated rings. The topological polar surface area (TPSA) is 9.23 Å². The van der Waals surface area contributed by atoms with Crippen LogP contribution in [0.5, 0.6) is 0 Å². The highest BCUT2D eigenvalue weighted by molar-refractivity contribution is 9.09. The van der Waals surface area contributed by atoms with Gasteiger partial charge in [-0.25, -0.2) is 0 Å². The summed E-state index contributed by atoms with van der Waals surface area (Å²) < 4.78 is 5.18. The first-order valence-electron chi connectivity index (χ1n) is 2.97. The lowest BCUT2D eigenvalue weighted by atomic mass is 10.3. The van der Waals surface area contributed by atoms with Crippen LogP contribution in [0.4, 0.5) is 0 Å². The highest BCUT2D eigenvalue weighted by Gasteiger charge is 2.29. The SMILES string of the molecule is CO[C@@H](CBr)C1CC1. The summed E-state index contributed by atoms with van der Waals surface area (Å²) in [4.78, 5) is 0. The second kappa shape index (κ2) is 2.83. The summed E-state index contributed by atoms with van der Waals surface area (Å²) in [7, 11) is 1.78. The minimum absolute atomic E-state index is 0.481. The Morgan fingerprint density at radius 3 is 2.50 bits per heavy atom. The van der Waals surface area contributed by atoms with Crippen molar-refractivity contribution in [3.8, 4) is 0 Å². The first-order chi connectivity index (χ1) is 3.88. The number of halogens is 1. The minimum Gasteiger partial charge on any atom is -0.380 e. The van der Waals surface area contributed by atoms with Crippen LogP contribution in [0.15, 0.2) is 0 Å². The maximum Gasteiger partial charge on any atom is 0.0696 e. The molecule has 0 radical (unpaired) electrons. The molecule has 0 unspecified atom stereocenters. The van der Waals surface area contributed by atoms with Gasteiger partial charge < -0.3 is 4.74 Å². The van der Waals surface area contributed by atoms with Crippen molar-refractivity contribution >= 4 is 15.9 Å². The van der Waals surface area contributed by atoms with Crippen molar-refractivity contribution in [1.82, 2.24) is 0 Å². The Morgan fingerprint density at radius 1 is 1.75 bits per heavy atom. The van der Waals surface area contributed by atoms with Crippen molar-refractivity contribution < 1.29 is 4.74 Å². The van der Waals surface area contributed by atoms with Crippen molar-refractivity contribution in [2.45, 2.75) is 18.9 Å². The standard InChI is InChI=1S/C6H11BrO/c1-8-6(4-7)5-2-3-5/h5-6H,2-4H2,1H3/t6-/m0/s1. The van der Waals surface area contributed by atoms with E-state index in [1.807, 2.05) is 0 Å². The molecule has 2 heteroatoms. The van der Waals surface area contributed by atoms with Crippen LogP contribution in [-0.2, 0) is 4.74 Å². The van der Waals surface area contributed by atoms with Gasteiger partial charge in [0.1, 0.15) is 0 Å². The van der Waals surface area contributed by atoms with Gasteiger partial charge in [-0.2, -0.15) is 0 Å². The van der Waals surface area contributed by atoms with E-state index in [0.717, 1.165) is 11.2 Å². The zero-order chi connectivity index (χ0) is 5.98. The van der Waals surface area contributed by atoms with E-state index in [1.165, 1.54) is 12.8 Å². The van der Waals surface area contributed by atoms with Gasteiger partial charge in [0, 0.05) is 12.4 Å². The Labute approximate surface area is 58.5 Å². The van der Waals surface area contributed by atoms with Crippen molar-refractivity contribution in [2.24, 2.45) is 5.92 Å². The van der Waals surface area contributed by atoms with Crippen LogP contribution >= 0.6 is 15.9 Å². The molecule has 0 bridgehead atoms. The Kier molecular flexibility index (Phi) is 2.32. The fourth-order valence-corrected chi connectivity index (χ4v) is 1.64. The lowest BCUT2D eigenvalue weighted by molar-refractivity contribution is 0.105. The summed E-state index contributed by atoms with van der Waals surface area (Å²) in [6.45, 7) is 0. The summed E-state index contributed by atoms with van der Waals surface area (Å²) >= 11 is 3.39. The lowest BCUT2D eigenvalue weighted by Gasteiger charge is -2.08. The smallest absolute Gasteiger partial charge is 0.0696 e. The molecule has 0 saturated heterocycles. The van der Waals surface area contributed by atoms with E-state index in [4.69, 9.17) is 4.74 Å². The van der Waals surface area contributed by atoms with Gasteiger partial charge in [-0.05, 0) is 18.8 Å². The number of hydrogen-bond acceptors (Lipinski definition) is 1. The predicted octanol–water partition coefficient (Wildman–Crippen LogP) is 1.81. The average molecular weight is 179 g/mol. The van der Waals surface area contributed by atoms with E-state index in [9.17, 15) is 0 Å². The largest absolute Gasteiger partial charge is 0.380 e. The number of alkyl halides is 1. The van der Waals surface area contributed by atoms with E-state index in [1.54, 1.807) is 7.11 Å². The zero-order valence-corrected chi connectivity index (χ0v) is 6.65. The van der Waals surface area contributed by atoms with Crippen molar-refractivity contribution in [2.75, 3.05) is 12.4 Å². The molecule has 0 amide bonds. The van der Waals surface area contributed by atoms with Crippen LogP contribution in [0.2, 0.25) is 0 Å². The third kappa shape index (κ3) is 1.46. The highest BCUT2D eigenvalue weighted by atomic mass is 79.9. The molecule has 1 saturated carbocycles. The van der Waals surface area contributed by atoms with Gasteiger partial charge in [-0.1, -0.05) is 15.9 Å². The molecule has 0 aliphatic heterocycles. The van der Waals surface area contributed by atoms with Gasteiger partial charge in [0.05, 0.1) is 6.10 Å². The van der Waals surface area contributed by atoms with E-state index in [0.29, 0.717) is 6.10 Å².